The van der Waals surface area contributed by atoms with E-state index in [4.69, 9.17) is 0 Å². The highest BCUT2D eigenvalue weighted by Gasteiger charge is 2.22. The van der Waals surface area contributed by atoms with E-state index in [1.807, 2.05) is 7.05 Å². The molecule has 0 unspecified atom stereocenters. The smallest absolute Gasteiger partial charge is 0.237 e. The first-order chi connectivity index (χ1) is 5.24. The van der Waals surface area contributed by atoms with Crippen molar-refractivity contribution in [1.29, 1.82) is 0 Å². The Balaban J connectivity index is 2.24. The zero-order valence-corrected chi connectivity index (χ0v) is 7.34. The van der Waals surface area contributed by atoms with Gasteiger partial charge in [0.1, 0.15) is 0 Å². The molecule has 0 aromatic rings. The van der Waals surface area contributed by atoms with Gasteiger partial charge in [-0.2, -0.15) is 0 Å². The van der Waals surface area contributed by atoms with Gasteiger partial charge in [-0.15, -0.1) is 0 Å². The van der Waals surface area contributed by atoms with Crippen LogP contribution in [0.4, 0.5) is 0 Å². The number of rotatable bonds is 3. The molecule has 0 spiro atoms. The number of unbranched alkanes of at least 4 members (excludes halogenated alkanes) is 1. The standard InChI is InChI=1S/C8H16N2O/c1-3-4-5-10-6-8(11)9(2)7-10/h3-7H2,1-2H3. The maximum atomic E-state index is 11.0. The molecule has 0 saturated carbocycles. The van der Waals surface area contributed by atoms with Gasteiger partial charge in [-0.05, 0) is 6.42 Å². The van der Waals surface area contributed by atoms with Gasteiger partial charge in [-0.1, -0.05) is 13.3 Å². The third-order valence-electron chi connectivity index (χ3n) is 2.02. The molecule has 0 atom stereocenters. The lowest BCUT2D eigenvalue weighted by Crippen LogP contribution is -2.24. The van der Waals surface area contributed by atoms with E-state index in [0.717, 1.165) is 13.2 Å². The minimum Gasteiger partial charge on any atom is -0.332 e. The van der Waals surface area contributed by atoms with Gasteiger partial charge in [0.05, 0.1) is 13.2 Å². The predicted molar refractivity (Wildman–Crippen MR) is 44.1 cm³/mol. The van der Waals surface area contributed by atoms with Crippen LogP contribution < -0.4 is 0 Å². The minimum atomic E-state index is 0.251. The molecule has 1 saturated heterocycles. The summed E-state index contributed by atoms with van der Waals surface area (Å²) in [4.78, 5) is 15.0. The normalized spacial score (nSPS) is 19.8. The molecule has 64 valence electrons. The van der Waals surface area contributed by atoms with Crippen molar-refractivity contribution in [3.05, 3.63) is 0 Å². The van der Waals surface area contributed by atoms with Crippen LogP contribution in [0.15, 0.2) is 0 Å². The number of hydrogen-bond donors (Lipinski definition) is 0. The fourth-order valence-corrected chi connectivity index (χ4v) is 1.27. The van der Waals surface area contributed by atoms with Gasteiger partial charge < -0.3 is 4.90 Å². The maximum Gasteiger partial charge on any atom is 0.237 e. The van der Waals surface area contributed by atoms with Crippen LogP contribution in [0.3, 0.4) is 0 Å². The Morgan fingerprint density at radius 3 is 2.73 bits per heavy atom. The monoisotopic (exact) mass is 156 g/mol. The quantitative estimate of drug-likeness (QED) is 0.594. The topological polar surface area (TPSA) is 23.6 Å². The maximum absolute atomic E-state index is 11.0. The highest BCUT2D eigenvalue weighted by Crippen LogP contribution is 2.04. The highest BCUT2D eigenvalue weighted by atomic mass is 16.2. The average Bonchev–Trinajstić information content (AvgIpc) is 2.28. The van der Waals surface area contributed by atoms with Crippen LogP contribution in [0.25, 0.3) is 0 Å². The minimum absolute atomic E-state index is 0.251. The molecule has 3 nitrogen and oxygen atoms in total. The van der Waals surface area contributed by atoms with E-state index < -0.39 is 0 Å². The molecule has 1 fully saturated rings. The number of likely N-dealkylation sites (N-methyl/N-ethyl adjacent to an activating group) is 1. The molecule has 1 aliphatic heterocycles. The van der Waals surface area contributed by atoms with Gasteiger partial charge >= 0.3 is 0 Å². The summed E-state index contributed by atoms with van der Waals surface area (Å²) in [7, 11) is 1.86. The van der Waals surface area contributed by atoms with Crippen molar-refractivity contribution in [1.82, 2.24) is 9.80 Å². The van der Waals surface area contributed by atoms with Crippen LogP contribution in [0.1, 0.15) is 19.8 Å². The summed E-state index contributed by atoms with van der Waals surface area (Å²) in [6.45, 7) is 4.67. The summed E-state index contributed by atoms with van der Waals surface area (Å²) in [5.41, 5.74) is 0. The van der Waals surface area contributed by atoms with E-state index in [1.165, 1.54) is 12.8 Å². The van der Waals surface area contributed by atoms with Gasteiger partial charge in [0.2, 0.25) is 5.91 Å². The average molecular weight is 156 g/mol. The SMILES string of the molecule is CCCCN1CC(=O)N(C)C1. The largest absolute Gasteiger partial charge is 0.332 e. The molecule has 1 heterocycles. The second kappa shape index (κ2) is 3.72. The molecule has 0 bridgehead atoms. The van der Waals surface area contributed by atoms with Crippen LogP contribution in [0.2, 0.25) is 0 Å². The van der Waals surface area contributed by atoms with Gasteiger partial charge in [-0.25, -0.2) is 0 Å². The lowest BCUT2D eigenvalue weighted by atomic mass is 10.3. The fraction of sp³-hybridized carbons (Fsp3) is 0.875. The van der Waals surface area contributed by atoms with Crippen molar-refractivity contribution in [2.75, 3.05) is 26.8 Å². The second-order valence-corrected chi connectivity index (χ2v) is 3.14. The molecule has 11 heavy (non-hydrogen) atoms. The lowest BCUT2D eigenvalue weighted by molar-refractivity contribution is -0.125. The Morgan fingerprint density at radius 2 is 2.27 bits per heavy atom. The van der Waals surface area contributed by atoms with Crippen molar-refractivity contribution in [2.45, 2.75) is 19.8 Å². The van der Waals surface area contributed by atoms with E-state index in [1.54, 1.807) is 4.90 Å². The van der Waals surface area contributed by atoms with E-state index in [0.29, 0.717) is 6.54 Å². The summed E-state index contributed by atoms with van der Waals surface area (Å²) in [5, 5.41) is 0. The second-order valence-electron chi connectivity index (χ2n) is 3.14. The summed E-state index contributed by atoms with van der Waals surface area (Å²) in [5.74, 6) is 0.251. The van der Waals surface area contributed by atoms with Crippen LogP contribution in [0, 0.1) is 0 Å². The van der Waals surface area contributed by atoms with Crippen LogP contribution in [0.5, 0.6) is 0 Å². The number of hydrogen-bond acceptors (Lipinski definition) is 2. The number of amides is 1. The van der Waals surface area contributed by atoms with Crippen molar-refractivity contribution in [3.63, 3.8) is 0 Å². The van der Waals surface area contributed by atoms with Gasteiger partial charge in [0.15, 0.2) is 0 Å². The number of carbonyl (C=O) groups excluding carboxylic acids is 1. The van der Waals surface area contributed by atoms with Crippen molar-refractivity contribution < 1.29 is 4.79 Å². The predicted octanol–water partition coefficient (Wildman–Crippen LogP) is 0.518. The Bertz CT molecular complexity index is 147. The van der Waals surface area contributed by atoms with E-state index in [-0.39, 0.29) is 5.91 Å². The molecule has 0 radical (unpaired) electrons. The summed E-state index contributed by atoms with van der Waals surface area (Å²) < 4.78 is 0. The van der Waals surface area contributed by atoms with Crippen LogP contribution in [-0.2, 0) is 4.79 Å². The molecular weight excluding hydrogens is 140 g/mol. The molecule has 0 N–H and O–H groups in total. The number of nitrogens with zero attached hydrogens (tertiary/aromatic N) is 2. The number of carbonyl (C=O) groups is 1. The molecule has 1 amide bonds. The van der Waals surface area contributed by atoms with Gasteiger partial charge in [0.25, 0.3) is 0 Å². The highest BCUT2D eigenvalue weighted by molar-refractivity contribution is 5.79. The summed E-state index contributed by atoms with van der Waals surface area (Å²) in [6.07, 6.45) is 2.40. The van der Waals surface area contributed by atoms with E-state index in [2.05, 4.69) is 11.8 Å². The molecule has 1 rings (SSSR count). The third kappa shape index (κ3) is 2.19. The molecule has 0 aromatic heterocycles. The Morgan fingerprint density at radius 1 is 1.55 bits per heavy atom. The molecule has 1 aliphatic rings. The molecular formula is C8H16N2O. The van der Waals surface area contributed by atoms with E-state index in [9.17, 15) is 4.79 Å². The van der Waals surface area contributed by atoms with Crippen LogP contribution in [-0.4, -0.2) is 42.5 Å². The Kier molecular flexibility index (Phi) is 2.88. The Labute approximate surface area is 68.0 Å². The first-order valence-electron chi connectivity index (χ1n) is 4.20. The fourth-order valence-electron chi connectivity index (χ4n) is 1.27. The third-order valence-corrected chi connectivity index (χ3v) is 2.02. The first-order valence-corrected chi connectivity index (χ1v) is 4.20. The van der Waals surface area contributed by atoms with Crippen molar-refractivity contribution >= 4 is 5.91 Å². The van der Waals surface area contributed by atoms with Gasteiger partial charge in [0, 0.05) is 13.6 Å². The van der Waals surface area contributed by atoms with Crippen LogP contribution >= 0.6 is 0 Å². The molecule has 0 aliphatic carbocycles. The van der Waals surface area contributed by atoms with Crippen molar-refractivity contribution in [2.24, 2.45) is 0 Å². The van der Waals surface area contributed by atoms with Gasteiger partial charge in [-0.3, -0.25) is 9.69 Å². The Hall–Kier alpha value is -0.570. The first kappa shape index (κ1) is 8.53. The zero-order valence-electron chi connectivity index (χ0n) is 7.34. The molecule has 0 aromatic carbocycles. The van der Waals surface area contributed by atoms with Crippen molar-refractivity contribution in [3.8, 4) is 0 Å². The summed E-state index contributed by atoms with van der Waals surface area (Å²) >= 11 is 0. The molecule has 3 heteroatoms. The lowest BCUT2D eigenvalue weighted by Gasteiger charge is -2.13. The zero-order chi connectivity index (χ0) is 8.27. The van der Waals surface area contributed by atoms with E-state index >= 15 is 0 Å². The summed E-state index contributed by atoms with van der Waals surface area (Å²) in [6, 6.07) is 0.